The molecule has 1 aliphatic heterocycles. The minimum atomic E-state index is 0. The third kappa shape index (κ3) is 3.92. The number of aromatic nitrogens is 2. The molecular formula is C12H23Cl2N5. The Morgan fingerprint density at radius 3 is 2.47 bits per heavy atom. The van der Waals surface area contributed by atoms with E-state index in [9.17, 15) is 0 Å². The summed E-state index contributed by atoms with van der Waals surface area (Å²) in [6.07, 6.45) is 1.000. The molecule has 2 N–H and O–H groups in total. The molecule has 0 aliphatic carbocycles. The van der Waals surface area contributed by atoms with Gasteiger partial charge in [-0.3, -0.25) is 4.90 Å². The van der Waals surface area contributed by atoms with Gasteiger partial charge in [-0.25, -0.2) is 9.97 Å². The molecule has 0 amide bonds. The Hall–Kier alpha value is -0.620. The van der Waals surface area contributed by atoms with Crippen molar-refractivity contribution in [3.63, 3.8) is 0 Å². The summed E-state index contributed by atoms with van der Waals surface area (Å²) in [7, 11) is 3.92. The van der Waals surface area contributed by atoms with Crippen LogP contribution in [0.4, 0.5) is 5.95 Å². The van der Waals surface area contributed by atoms with Crippen molar-refractivity contribution in [1.82, 2.24) is 14.9 Å². The summed E-state index contributed by atoms with van der Waals surface area (Å²) in [5.41, 5.74) is 9.22. The second kappa shape index (κ2) is 7.85. The van der Waals surface area contributed by atoms with Gasteiger partial charge in [0.1, 0.15) is 0 Å². The summed E-state index contributed by atoms with van der Waals surface area (Å²) >= 11 is 0. The molecule has 19 heavy (non-hydrogen) atoms. The van der Waals surface area contributed by atoms with Crippen LogP contribution in [0, 0.1) is 0 Å². The van der Waals surface area contributed by atoms with E-state index < -0.39 is 0 Å². The minimum absolute atomic E-state index is 0. The fraction of sp³-hybridized carbons (Fsp3) is 0.667. The molecule has 0 bridgehead atoms. The number of halogens is 2. The molecule has 0 atom stereocenters. The van der Waals surface area contributed by atoms with Gasteiger partial charge in [0, 0.05) is 45.7 Å². The lowest BCUT2D eigenvalue weighted by atomic mass is 10.0. The van der Waals surface area contributed by atoms with Gasteiger partial charge in [-0.05, 0) is 6.54 Å². The number of anilines is 1. The van der Waals surface area contributed by atoms with E-state index in [1.165, 1.54) is 11.3 Å². The highest BCUT2D eigenvalue weighted by Gasteiger charge is 2.21. The normalized spacial score (nSPS) is 14.1. The summed E-state index contributed by atoms with van der Waals surface area (Å²) in [5, 5.41) is 0. The lowest BCUT2D eigenvalue weighted by Gasteiger charge is -2.28. The van der Waals surface area contributed by atoms with E-state index in [1.54, 1.807) is 0 Å². The van der Waals surface area contributed by atoms with Crippen LogP contribution in [0.2, 0.25) is 0 Å². The summed E-state index contributed by atoms with van der Waals surface area (Å²) in [4.78, 5) is 13.5. The maximum atomic E-state index is 5.80. The van der Waals surface area contributed by atoms with E-state index in [-0.39, 0.29) is 24.8 Å². The topological polar surface area (TPSA) is 58.3 Å². The van der Waals surface area contributed by atoms with Gasteiger partial charge in [0.25, 0.3) is 0 Å². The highest BCUT2D eigenvalue weighted by atomic mass is 35.5. The first-order valence-electron chi connectivity index (χ1n) is 6.14. The van der Waals surface area contributed by atoms with Crippen molar-refractivity contribution < 1.29 is 0 Å². The first-order valence-corrected chi connectivity index (χ1v) is 6.14. The maximum Gasteiger partial charge on any atom is 0.225 e. The zero-order valence-corrected chi connectivity index (χ0v) is 13.4. The first-order chi connectivity index (χ1) is 8.15. The molecule has 0 radical (unpaired) electrons. The number of hydrogen-bond acceptors (Lipinski definition) is 5. The van der Waals surface area contributed by atoms with Gasteiger partial charge < -0.3 is 10.6 Å². The molecule has 0 aromatic carbocycles. The van der Waals surface area contributed by atoms with Crippen LogP contribution in [-0.2, 0) is 19.5 Å². The third-order valence-electron chi connectivity index (χ3n) is 3.25. The van der Waals surface area contributed by atoms with E-state index in [0.717, 1.165) is 37.7 Å². The maximum absolute atomic E-state index is 5.80. The molecular weight excluding hydrogens is 285 g/mol. The average molecular weight is 308 g/mol. The molecule has 110 valence electrons. The summed E-state index contributed by atoms with van der Waals surface area (Å²) < 4.78 is 0. The van der Waals surface area contributed by atoms with Crippen molar-refractivity contribution in [1.29, 1.82) is 0 Å². The summed E-state index contributed by atoms with van der Waals surface area (Å²) in [5.74, 6) is 0.772. The van der Waals surface area contributed by atoms with E-state index in [4.69, 9.17) is 5.73 Å². The van der Waals surface area contributed by atoms with Crippen LogP contribution in [-0.4, -0.2) is 42.1 Å². The van der Waals surface area contributed by atoms with Crippen LogP contribution in [0.25, 0.3) is 0 Å². The van der Waals surface area contributed by atoms with E-state index in [2.05, 4.69) is 21.8 Å². The van der Waals surface area contributed by atoms with E-state index in [1.807, 2.05) is 19.0 Å². The largest absolute Gasteiger partial charge is 0.347 e. The summed E-state index contributed by atoms with van der Waals surface area (Å²) in [6, 6.07) is 0. The highest BCUT2D eigenvalue weighted by Crippen LogP contribution is 2.22. The smallest absolute Gasteiger partial charge is 0.225 e. The number of rotatable bonds is 3. The van der Waals surface area contributed by atoms with Gasteiger partial charge in [-0.2, -0.15) is 0 Å². The Bertz CT molecular complexity index is 394. The number of hydrogen-bond donors (Lipinski definition) is 1. The van der Waals surface area contributed by atoms with Gasteiger partial charge in [-0.1, -0.05) is 6.92 Å². The first kappa shape index (κ1) is 18.4. The van der Waals surface area contributed by atoms with Crippen LogP contribution in [0.15, 0.2) is 0 Å². The molecule has 1 aromatic rings. The van der Waals surface area contributed by atoms with E-state index >= 15 is 0 Å². The van der Waals surface area contributed by atoms with Gasteiger partial charge in [0.2, 0.25) is 5.95 Å². The van der Waals surface area contributed by atoms with Crippen LogP contribution in [0.1, 0.15) is 23.9 Å². The third-order valence-corrected chi connectivity index (χ3v) is 3.25. The van der Waals surface area contributed by atoms with Crippen LogP contribution in [0.3, 0.4) is 0 Å². The summed E-state index contributed by atoms with van der Waals surface area (Å²) in [6.45, 7) is 5.76. The van der Waals surface area contributed by atoms with Crippen molar-refractivity contribution in [2.24, 2.45) is 5.73 Å². The Morgan fingerprint density at radius 2 is 1.95 bits per heavy atom. The number of nitrogens with zero attached hydrogens (tertiary/aromatic N) is 4. The van der Waals surface area contributed by atoms with E-state index in [0.29, 0.717) is 6.54 Å². The Labute approximate surface area is 127 Å². The molecule has 0 unspecified atom stereocenters. The zero-order chi connectivity index (χ0) is 12.4. The SMILES string of the molecule is CCN1CCc2nc(N(C)C)nc(CN)c2C1.Cl.Cl. The molecule has 2 rings (SSSR count). The molecule has 0 spiro atoms. The van der Waals surface area contributed by atoms with Gasteiger partial charge in [0.15, 0.2) is 0 Å². The lowest BCUT2D eigenvalue weighted by molar-refractivity contribution is 0.264. The predicted molar refractivity (Wildman–Crippen MR) is 83.4 cm³/mol. The van der Waals surface area contributed by atoms with Crippen molar-refractivity contribution in [3.8, 4) is 0 Å². The van der Waals surface area contributed by atoms with Crippen LogP contribution >= 0.6 is 24.8 Å². The number of nitrogens with two attached hydrogens (primary N) is 1. The van der Waals surface area contributed by atoms with Gasteiger partial charge in [0.05, 0.1) is 11.4 Å². The van der Waals surface area contributed by atoms with Crippen molar-refractivity contribution in [2.45, 2.75) is 26.4 Å². The molecule has 7 heteroatoms. The lowest BCUT2D eigenvalue weighted by Crippen LogP contribution is -2.33. The highest BCUT2D eigenvalue weighted by molar-refractivity contribution is 5.85. The molecule has 1 aromatic heterocycles. The van der Waals surface area contributed by atoms with Crippen LogP contribution < -0.4 is 10.6 Å². The second-order valence-corrected chi connectivity index (χ2v) is 4.61. The second-order valence-electron chi connectivity index (χ2n) is 4.61. The monoisotopic (exact) mass is 307 g/mol. The molecule has 5 nitrogen and oxygen atoms in total. The quantitative estimate of drug-likeness (QED) is 0.910. The standard InChI is InChI=1S/C12H21N5.2ClH/c1-4-17-6-5-10-9(8-17)11(7-13)15-12(14-10)16(2)3;;/h4-8,13H2,1-3H3;2*1H. The molecule has 2 heterocycles. The Kier molecular flexibility index (Phi) is 7.59. The average Bonchev–Trinajstić information content (AvgIpc) is 2.36. The number of fused-ring (bicyclic) bond motifs is 1. The molecule has 0 saturated heterocycles. The fourth-order valence-electron chi connectivity index (χ4n) is 2.16. The van der Waals surface area contributed by atoms with Crippen molar-refractivity contribution in [2.75, 3.05) is 32.1 Å². The molecule has 0 saturated carbocycles. The van der Waals surface area contributed by atoms with Crippen LogP contribution in [0.5, 0.6) is 0 Å². The van der Waals surface area contributed by atoms with Crippen molar-refractivity contribution >= 4 is 30.8 Å². The minimum Gasteiger partial charge on any atom is -0.347 e. The fourth-order valence-corrected chi connectivity index (χ4v) is 2.16. The number of likely N-dealkylation sites (N-methyl/N-ethyl adjacent to an activating group) is 1. The Balaban J connectivity index is 0.00000162. The molecule has 1 aliphatic rings. The Morgan fingerprint density at radius 1 is 1.26 bits per heavy atom. The van der Waals surface area contributed by atoms with Gasteiger partial charge >= 0.3 is 0 Å². The zero-order valence-electron chi connectivity index (χ0n) is 11.7. The van der Waals surface area contributed by atoms with Crippen molar-refractivity contribution in [3.05, 3.63) is 17.0 Å². The predicted octanol–water partition coefficient (Wildman–Crippen LogP) is 1.22. The molecule has 0 fully saturated rings. The van der Waals surface area contributed by atoms with Gasteiger partial charge in [-0.15, -0.1) is 24.8 Å².